The Balaban J connectivity index is 2.16. The molecule has 1 aliphatic rings. The van der Waals surface area contributed by atoms with E-state index in [-0.39, 0.29) is 6.04 Å². The lowest BCUT2D eigenvalue weighted by molar-refractivity contribution is 0.270. The first-order valence-corrected chi connectivity index (χ1v) is 8.26. The predicted octanol–water partition coefficient (Wildman–Crippen LogP) is 2.90. The molecule has 3 nitrogen and oxygen atoms in total. The third-order valence-electron chi connectivity index (χ3n) is 2.83. The summed E-state index contributed by atoms with van der Waals surface area (Å²) < 4.78 is 27.7. The number of nitrogens with one attached hydrogen (secondary N) is 1. The summed E-state index contributed by atoms with van der Waals surface area (Å²) in [6, 6.07) is 1.79. The van der Waals surface area contributed by atoms with E-state index in [0.717, 1.165) is 21.5 Å². The molecule has 1 aromatic rings. The summed E-state index contributed by atoms with van der Waals surface area (Å²) in [5.74, 6) is 0.642. The molecule has 0 aromatic carbocycles. The number of rotatable bonds is 3. The summed E-state index contributed by atoms with van der Waals surface area (Å²) in [4.78, 5) is 1.23. The summed E-state index contributed by atoms with van der Waals surface area (Å²) >= 11 is 4.76. The minimum absolute atomic E-state index is 0.123. The Morgan fingerprint density at radius 3 is 2.56 bits per heavy atom. The van der Waals surface area contributed by atoms with Crippen molar-refractivity contribution in [1.29, 1.82) is 0 Å². The fourth-order valence-corrected chi connectivity index (χ4v) is 5.66. The van der Waals surface area contributed by atoms with Crippen LogP contribution in [0.5, 0.6) is 0 Å². The second kappa shape index (κ2) is 4.40. The highest BCUT2D eigenvalue weighted by Crippen LogP contribution is 2.32. The van der Waals surface area contributed by atoms with Crippen LogP contribution in [0.3, 0.4) is 0 Å². The molecule has 0 unspecified atom stereocenters. The molecule has 1 heterocycles. The minimum Gasteiger partial charge on any atom is -0.208 e. The zero-order chi connectivity index (χ0) is 11.9. The Bertz CT molecular complexity index is 489. The van der Waals surface area contributed by atoms with Gasteiger partial charge < -0.3 is 0 Å². The molecule has 16 heavy (non-hydrogen) atoms. The van der Waals surface area contributed by atoms with Crippen LogP contribution in [0.4, 0.5) is 0 Å². The lowest BCUT2D eigenvalue weighted by Gasteiger charge is -2.32. The summed E-state index contributed by atoms with van der Waals surface area (Å²) in [7, 11) is -3.32. The summed E-state index contributed by atoms with van der Waals surface area (Å²) in [6.45, 7) is 3.96. The van der Waals surface area contributed by atoms with E-state index in [1.165, 1.54) is 11.3 Å². The normalized spacial score (nSPS) is 25.4. The molecule has 0 saturated heterocycles. The van der Waals surface area contributed by atoms with E-state index in [4.69, 9.17) is 0 Å². The first-order chi connectivity index (χ1) is 7.38. The topological polar surface area (TPSA) is 46.2 Å². The van der Waals surface area contributed by atoms with Crippen LogP contribution < -0.4 is 4.72 Å². The quantitative estimate of drug-likeness (QED) is 0.929. The standard InChI is InChI=1S/C10H14BrNO2S2/c1-6-3-8(4-6)12-16(13,14)9-5-10(11)15-7(9)2/h5-6,8,12H,3-4H2,1-2H3. The maximum Gasteiger partial charge on any atom is 0.241 e. The summed E-state index contributed by atoms with van der Waals surface area (Å²) in [5.41, 5.74) is 0. The second-order valence-corrected chi connectivity index (χ2v) is 8.68. The van der Waals surface area contributed by atoms with Crippen molar-refractivity contribution < 1.29 is 8.42 Å². The maximum atomic E-state index is 12.1. The molecule has 0 radical (unpaired) electrons. The first-order valence-electron chi connectivity index (χ1n) is 5.17. The van der Waals surface area contributed by atoms with E-state index in [1.807, 2.05) is 6.92 Å². The van der Waals surface area contributed by atoms with Crippen LogP contribution in [0.2, 0.25) is 0 Å². The molecule has 1 aromatic heterocycles. The van der Waals surface area contributed by atoms with Crippen molar-refractivity contribution in [3.63, 3.8) is 0 Å². The molecule has 0 atom stereocenters. The minimum atomic E-state index is -3.32. The number of hydrogen-bond acceptors (Lipinski definition) is 3. The average Bonchev–Trinajstić information content (AvgIpc) is 2.43. The van der Waals surface area contributed by atoms with Crippen molar-refractivity contribution in [2.24, 2.45) is 5.92 Å². The highest BCUT2D eigenvalue weighted by Gasteiger charge is 2.30. The van der Waals surface area contributed by atoms with Gasteiger partial charge in [-0.3, -0.25) is 0 Å². The van der Waals surface area contributed by atoms with Crippen molar-refractivity contribution in [3.05, 3.63) is 14.7 Å². The Morgan fingerprint density at radius 2 is 2.12 bits per heavy atom. The van der Waals surface area contributed by atoms with Gasteiger partial charge in [0.15, 0.2) is 0 Å². The largest absolute Gasteiger partial charge is 0.241 e. The van der Waals surface area contributed by atoms with Gasteiger partial charge in [0, 0.05) is 10.9 Å². The van der Waals surface area contributed by atoms with Crippen LogP contribution in [0.1, 0.15) is 24.6 Å². The van der Waals surface area contributed by atoms with Gasteiger partial charge in [-0.1, -0.05) is 6.92 Å². The number of sulfonamides is 1. The van der Waals surface area contributed by atoms with Gasteiger partial charge in [-0.15, -0.1) is 11.3 Å². The van der Waals surface area contributed by atoms with E-state index in [1.54, 1.807) is 6.07 Å². The molecule has 0 amide bonds. The molecule has 6 heteroatoms. The van der Waals surface area contributed by atoms with Gasteiger partial charge in [0.05, 0.1) is 8.68 Å². The van der Waals surface area contributed by atoms with E-state index >= 15 is 0 Å². The van der Waals surface area contributed by atoms with Crippen LogP contribution in [-0.4, -0.2) is 14.5 Å². The van der Waals surface area contributed by atoms with Crippen LogP contribution >= 0.6 is 27.3 Å². The number of thiophene rings is 1. The van der Waals surface area contributed by atoms with E-state index in [0.29, 0.717) is 10.8 Å². The highest BCUT2D eigenvalue weighted by atomic mass is 79.9. The molecule has 1 aliphatic carbocycles. The van der Waals surface area contributed by atoms with Gasteiger partial charge in [0.2, 0.25) is 10.0 Å². The summed E-state index contributed by atoms with van der Waals surface area (Å²) in [6.07, 6.45) is 1.90. The Morgan fingerprint density at radius 1 is 1.50 bits per heavy atom. The molecule has 1 fully saturated rings. The smallest absolute Gasteiger partial charge is 0.208 e. The average molecular weight is 324 g/mol. The highest BCUT2D eigenvalue weighted by molar-refractivity contribution is 9.11. The molecular weight excluding hydrogens is 310 g/mol. The number of halogens is 1. The van der Waals surface area contributed by atoms with Crippen molar-refractivity contribution >= 4 is 37.3 Å². The molecule has 0 spiro atoms. The SMILES string of the molecule is Cc1sc(Br)cc1S(=O)(=O)NC1CC(C)C1. The van der Waals surface area contributed by atoms with Gasteiger partial charge in [0.1, 0.15) is 0 Å². The van der Waals surface area contributed by atoms with Crippen LogP contribution in [-0.2, 0) is 10.0 Å². The lowest BCUT2D eigenvalue weighted by atomic mass is 9.83. The van der Waals surface area contributed by atoms with Gasteiger partial charge in [0.25, 0.3) is 0 Å². The molecule has 0 aliphatic heterocycles. The van der Waals surface area contributed by atoms with Gasteiger partial charge in [-0.25, -0.2) is 13.1 Å². The van der Waals surface area contributed by atoms with Crippen LogP contribution in [0, 0.1) is 12.8 Å². The van der Waals surface area contributed by atoms with E-state index in [9.17, 15) is 8.42 Å². The maximum absolute atomic E-state index is 12.1. The molecule has 0 bridgehead atoms. The fourth-order valence-electron chi connectivity index (χ4n) is 1.98. The second-order valence-electron chi connectivity index (χ2n) is 4.37. The third kappa shape index (κ3) is 2.50. The van der Waals surface area contributed by atoms with Gasteiger partial charge in [-0.05, 0) is 47.7 Å². The monoisotopic (exact) mass is 323 g/mol. The fraction of sp³-hybridized carbons (Fsp3) is 0.600. The first kappa shape index (κ1) is 12.5. The lowest BCUT2D eigenvalue weighted by Crippen LogP contribution is -2.43. The zero-order valence-corrected chi connectivity index (χ0v) is 12.4. The predicted molar refractivity (Wildman–Crippen MR) is 69.3 cm³/mol. The van der Waals surface area contributed by atoms with Crippen molar-refractivity contribution in [3.8, 4) is 0 Å². The Kier molecular flexibility index (Phi) is 3.45. The molecular formula is C10H14BrNO2S2. The summed E-state index contributed by atoms with van der Waals surface area (Å²) in [5, 5.41) is 0. The number of hydrogen-bond donors (Lipinski definition) is 1. The molecule has 90 valence electrons. The van der Waals surface area contributed by atoms with Crippen LogP contribution in [0.15, 0.2) is 14.7 Å². The van der Waals surface area contributed by atoms with Crippen molar-refractivity contribution in [2.45, 2.75) is 37.6 Å². The number of aryl methyl sites for hydroxylation is 1. The van der Waals surface area contributed by atoms with E-state index < -0.39 is 10.0 Å². The molecule has 2 rings (SSSR count). The zero-order valence-electron chi connectivity index (χ0n) is 9.16. The molecule has 1 N–H and O–H groups in total. The third-order valence-corrected chi connectivity index (χ3v) is 6.16. The molecule has 1 saturated carbocycles. The van der Waals surface area contributed by atoms with Gasteiger partial charge >= 0.3 is 0 Å². The van der Waals surface area contributed by atoms with Crippen molar-refractivity contribution in [1.82, 2.24) is 4.72 Å². The van der Waals surface area contributed by atoms with Crippen LogP contribution in [0.25, 0.3) is 0 Å². The van der Waals surface area contributed by atoms with Gasteiger partial charge in [-0.2, -0.15) is 0 Å². The Labute approximate surface area is 108 Å². The van der Waals surface area contributed by atoms with E-state index in [2.05, 4.69) is 27.6 Å². The van der Waals surface area contributed by atoms with Crippen molar-refractivity contribution in [2.75, 3.05) is 0 Å². The Hall–Kier alpha value is 0.0900.